The molecule has 90 valence electrons. The number of carbonyl (C=O) groups excluding carboxylic acids is 1. The summed E-state index contributed by atoms with van der Waals surface area (Å²) in [5.74, 6) is 1.34. The van der Waals surface area contributed by atoms with E-state index in [-0.39, 0.29) is 5.91 Å². The van der Waals surface area contributed by atoms with E-state index < -0.39 is 5.54 Å². The predicted molar refractivity (Wildman–Crippen MR) is 61.2 cm³/mol. The zero-order chi connectivity index (χ0) is 11.6. The number of hydrogen-bond acceptors (Lipinski definition) is 3. The van der Waals surface area contributed by atoms with E-state index in [2.05, 4.69) is 15.6 Å². The highest BCUT2D eigenvalue weighted by molar-refractivity contribution is 6.08. The summed E-state index contributed by atoms with van der Waals surface area (Å²) in [6.07, 6.45) is 3.41. The molecule has 0 aromatic heterocycles. The van der Waals surface area contributed by atoms with Gasteiger partial charge in [-0.2, -0.15) is 0 Å². The molecule has 5 nitrogen and oxygen atoms in total. The van der Waals surface area contributed by atoms with E-state index in [9.17, 15) is 4.79 Å². The lowest BCUT2D eigenvalue weighted by Crippen LogP contribution is -2.44. The van der Waals surface area contributed by atoms with Crippen LogP contribution in [0.1, 0.15) is 26.2 Å². The van der Waals surface area contributed by atoms with Crippen LogP contribution in [0.15, 0.2) is 4.99 Å². The summed E-state index contributed by atoms with van der Waals surface area (Å²) < 4.78 is 4.91. The van der Waals surface area contributed by atoms with Crippen LogP contribution < -0.4 is 10.6 Å². The Bertz CT molecular complexity index is 312. The Balaban J connectivity index is 1.91. The quantitative estimate of drug-likeness (QED) is 0.660. The fraction of sp³-hybridized carbons (Fsp3) is 0.818. The van der Waals surface area contributed by atoms with Crippen LogP contribution in [0.2, 0.25) is 0 Å². The highest BCUT2D eigenvalue weighted by Gasteiger charge is 2.44. The topological polar surface area (TPSA) is 62.7 Å². The van der Waals surface area contributed by atoms with Gasteiger partial charge in [0.05, 0.1) is 13.2 Å². The van der Waals surface area contributed by atoms with Gasteiger partial charge in [0.1, 0.15) is 5.54 Å². The second-order valence-electron chi connectivity index (χ2n) is 4.78. The number of ether oxygens (including phenoxy) is 1. The Morgan fingerprint density at radius 1 is 1.56 bits per heavy atom. The fourth-order valence-electron chi connectivity index (χ4n) is 1.97. The van der Waals surface area contributed by atoms with Crippen molar-refractivity contribution < 1.29 is 9.53 Å². The van der Waals surface area contributed by atoms with E-state index in [1.807, 2.05) is 6.92 Å². The number of nitrogens with zero attached hydrogens (tertiary/aromatic N) is 1. The largest absolute Gasteiger partial charge is 0.383 e. The second-order valence-corrected chi connectivity index (χ2v) is 4.78. The van der Waals surface area contributed by atoms with Gasteiger partial charge in [-0.25, -0.2) is 0 Å². The Hall–Kier alpha value is -1.10. The summed E-state index contributed by atoms with van der Waals surface area (Å²) in [7, 11) is 1.64. The number of guanidine groups is 1. The highest BCUT2D eigenvalue weighted by atomic mass is 16.5. The maximum absolute atomic E-state index is 11.8. The van der Waals surface area contributed by atoms with Crippen molar-refractivity contribution in [2.45, 2.75) is 31.7 Å². The van der Waals surface area contributed by atoms with Gasteiger partial charge in [-0.3, -0.25) is 15.1 Å². The molecule has 1 aliphatic carbocycles. The smallest absolute Gasteiger partial charge is 0.252 e. The van der Waals surface area contributed by atoms with Gasteiger partial charge in [-0.1, -0.05) is 12.8 Å². The van der Waals surface area contributed by atoms with Crippen molar-refractivity contribution >= 4 is 11.9 Å². The highest BCUT2D eigenvalue weighted by Crippen LogP contribution is 2.37. The van der Waals surface area contributed by atoms with E-state index in [0.29, 0.717) is 25.0 Å². The molecule has 2 aliphatic rings. The van der Waals surface area contributed by atoms with Crippen LogP contribution in [0.25, 0.3) is 0 Å². The average molecular weight is 225 g/mol. The fourth-order valence-corrected chi connectivity index (χ4v) is 1.97. The molecule has 0 spiro atoms. The second kappa shape index (κ2) is 4.41. The van der Waals surface area contributed by atoms with E-state index >= 15 is 0 Å². The zero-order valence-corrected chi connectivity index (χ0v) is 9.88. The third kappa shape index (κ3) is 2.52. The molecule has 1 saturated carbocycles. The number of amides is 1. The summed E-state index contributed by atoms with van der Waals surface area (Å²) in [6.45, 7) is 3.08. The summed E-state index contributed by atoms with van der Waals surface area (Å²) in [5, 5.41) is 5.96. The minimum absolute atomic E-state index is 0.0376. The molecule has 0 aromatic carbocycles. The first-order valence-corrected chi connectivity index (χ1v) is 5.77. The monoisotopic (exact) mass is 225 g/mol. The molecule has 0 bridgehead atoms. The predicted octanol–water partition coefficient (Wildman–Crippen LogP) is 0.267. The first-order valence-electron chi connectivity index (χ1n) is 5.77. The van der Waals surface area contributed by atoms with Crippen molar-refractivity contribution in [2.24, 2.45) is 10.9 Å². The summed E-state index contributed by atoms with van der Waals surface area (Å²) in [6, 6.07) is 0. The number of rotatable bonds is 5. The Morgan fingerprint density at radius 2 is 2.31 bits per heavy atom. The molecule has 1 heterocycles. The molecule has 5 heteroatoms. The van der Waals surface area contributed by atoms with Gasteiger partial charge in [0.25, 0.3) is 5.91 Å². The average Bonchev–Trinajstić information content (AvgIpc) is 2.96. The van der Waals surface area contributed by atoms with Crippen LogP contribution in [0.5, 0.6) is 0 Å². The van der Waals surface area contributed by atoms with Crippen LogP contribution in [-0.2, 0) is 9.53 Å². The number of methoxy groups -OCH3 is 1. The normalized spacial score (nSPS) is 31.6. The summed E-state index contributed by atoms with van der Waals surface area (Å²) in [5.41, 5.74) is -0.465. The molecule has 1 atom stereocenters. The molecule has 0 aromatic rings. The molecule has 1 amide bonds. The van der Waals surface area contributed by atoms with Gasteiger partial charge in [0.15, 0.2) is 5.96 Å². The van der Waals surface area contributed by atoms with Crippen molar-refractivity contribution in [2.75, 3.05) is 20.3 Å². The first kappa shape index (κ1) is 11.4. The third-order valence-electron chi connectivity index (χ3n) is 3.09. The van der Waals surface area contributed by atoms with E-state index in [1.54, 1.807) is 7.11 Å². The lowest BCUT2D eigenvalue weighted by molar-refractivity contribution is -0.123. The van der Waals surface area contributed by atoms with Gasteiger partial charge in [-0.05, 0) is 19.3 Å². The third-order valence-corrected chi connectivity index (χ3v) is 3.09. The number of nitrogens with one attached hydrogen (secondary N) is 2. The van der Waals surface area contributed by atoms with Crippen LogP contribution in [0, 0.1) is 5.92 Å². The molecule has 1 saturated heterocycles. The number of hydrogen-bond donors (Lipinski definition) is 2. The van der Waals surface area contributed by atoms with Crippen molar-refractivity contribution in [3.05, 3.63) is 0 Å². The summed E-state index contributed by atoms with van der Waals surface area (Å²) in [4.78, 5) is 16.1. The molecule has 2 fully saturated rings. The van der Waals surface area contributed by atoms with Gasteiger partial charge in [-0.15, -0.1) is 0 Å². The molecule has 2 N–H and O–H groups in total. The minimum atomic E-state index is -0.465. The van der Waals surface area contributed by atoms with Gasteiger partial charge in [0, 0.05) is 7.11 Å². The Morgan fingerprint density at radius 3 is 2.94 bits per heavy atom. The maximum Gasteiger partial charge on any atom is 0.252 e. The molecule has 1 unspecified atom stereocenters. The van der Waals surface area contributed by atoms with Crippen molar-refractivity contribution in [3.8, 4) is 0 Å². The molecule has 0 radical (unpaired) electrons. The number of aliphatic imine (C=N–C) groups is 1. The van der Waals surface area contributed by atoms with Crippen molar-refractivity contribution in [1.29, 1.82) is 0 Å². The Labute approximate surface area is 95.6 Å². The standard InChI is InChI=1S/C11H19N3O2/c1-11(7-8-3-4-8)9(15)13-10(14-11)12-5-6-16-2/h8H,3-7H2,1-2H3,(H2,12,13,14,15). The molecular weight excluding hydrogens is 206 g/mol. The molecule has 2 rings (SSSR count). The van der Waals surface area contributed by atoms with Crippen molar-refractivity contribution in [1.82, 2.24) is 10.6 Å². The maximum atomic E-state index is 11.8. The summed E-state index contributed by atoms with van der Waals surface area (Å²) >= 11 is 0. The van der Waals surface area contributed by atoms with Crippen LogP contribution in [0.4, 0.5) is 0 Å². The van der Waals surface area contributed by atoms with Gasteiger partial charge < -0.3 is 10.1 Å². The lowest BCUT2D eigenvalue weighted by atomic mass is 9.95. The van der Waals surface area contributed by atoms with Gasteiger partial charge >= 0.3 is 0 Å². The zero-order valence-electron chi connectivity index (χ0n) is 9.88. The van der Waals surface area contributed by atoms with Crippen LogP contribution in [-0.4, -0.2) is 37.7 Å². The van der Waals surface area contributed by atoms with E-state index in [4.69, 9.17) is 4.74 Å². The SMILES string of the molecule is COCCN=C1NC(=O)C(C)(CC2CC2)N1. The molecule has 1 aliphatic heterocycles. The first-order chi connectivity index (χ1) is 7.64. The molecular formula is C11H19N3O2. The van der Waals surface area contributed by atoms with Crippen molar-refractivity contribution in [3.63, 3.8) is 0 Å². The number of carbonyl (C=O) groups is 1. The van der Waals surface area contributed by atoms with Gasteiger partial charge in [0.2, 0.25) is 0 Å². The lowest BCUT2D eigenvalue weighted by Gasteiger charge is -2.20. The molecule has 16 heavy (non-hydrogen) atoms. The van der Waals surface area contributed by atoms with E-state index in [0.717, 1.165) is 6.42 Å². The van der Waals surface area contributed by atoms with E-state index in [1.165, 1.54) is 12.8 Å². The minimum Gasteiger partial charge on any atom is -0.383 e. The Kier molecular flexibility index (Phi) is 3.14. The van der Waals surface area contributed by atoms with Crippen LogP contribution in [0.3, 0.4) is 0 Å². The van der Waals surface area contributed by atoms with Crippen LogP contribution >= 0.6 is 0 Å².